The number of benzene rings is 1. The Bertz CT molecular complexity index is 664. The molecule has 0 unspecified atom stereocenters. The summed E-state index contributed by atoms with van der Waals surface area (Å²) in [5.41, 5.74) is 5.88. The molecule has 2 aromatic rings. The molecule has 96 valence electrons. The number of fused-ring (bicyclic) bond motifs is 1. The van der Waals surface area contributed by atoms with E-state index in [9.17, 15) is 9.59 Å². The van der Waals surface area contributed by atoms with Crippen LogP contribution in [0.4, 0.5) is 0 Å². The third-order valence-electron chi connectivity index (χ3n) is 2.92. The van der Waals surface area contributed by atoms with E-state index < -0.39 is 5.91 Å². The lowest BCUT2D eigenvalue weighted by Gasteiger charge is -2.07. The zero-order chi connectivity index (χ0) is 12.6. The first-order valence-electron chi connectivity index (χ1n) is 5.29. The van der Waals surface area contributed by atoms with Crippen molar-refractivity contribution in [3.8, 4) is 0 Å². The van der Waals surface area contributed by atoms with Gasteiger partial charge in [0.05, 0.1) is 7.05 Å². The highest BCUT2D eigenvalue weighted by Gasteiger charge is 2.18. The number of hydrogen-bond acceptors (Lipinski definition) is 2. The maximum absolute atomic E-state index is 12.0. The van der Waals surface area contributed by atoms with E-state index in [1.807, 2.05) is 12.1 Å². The predicted octanol–water partition coefficient (Wildman–Crippen LogP) is 0.198. The van der Waals surface area contributed by atoms with Crippen LogP contribution in [-0.4, -0.2) is 10.5 Å². The second-order valence-electron chi connectivity index (χ2n) is 3.98. The van der Waals surface area contributed by atoms with Crippen molar-refractivity contribution in [2.24, 2.45) is 12.8 Å². The summed E-state index contributed by atoms with van der Waals surface area (Å²) in [4.78, 5) is 23.1. The Kier molecular flexibility index (Phi) is 4.24. The van der Waals surface area contributed by atoms with Gasteiger partial charge in [0.1, 0.15) is 10.9 Å². The van der Waals surface area contributed by atoms with Gasteiger partial charge < -0.3 is 5.73 Å². The zero-order valence-electron chi connectivity index (χ0n) is 10.2. The number of amides is 1. The van der Waals surface area contributed by atoms with Crippen molar-refractivity contribution in [2.75, 3.05) is 0 Å². The minimum absolute atomic E-state index is 0. The van der Waals surface area contributed by atoms with Gasteiger partial charge >= 0.3 is 5.56 Å². The normalized spacial score (nSPS) is 10.1. The summed E-state index contributed by atoms with van der Waals surface area (Å²) >= 11 is 0. The SMILES string of the molecule is Br.Cc1n(C)c(=O)c2ccccc2[n+]1CC(N)=O. The minimum atomic E-state index is -0.429. The molecule has 0 aliphatic carbocycles. The van der Waals surface area contributed by atoms with Crippen molar-refractivity contribution in [2.45, 2.75) is 13.5 Å². The van der Waals surface area contributed by atoms with E-state index in [-0.39, 0.29) is 29.1 Å². The summed E-state index contributed by atoms with van der Waals surface area (Å²) in [5.74, 6) is 0.273. The Labute approximate surface area is 115 Å². The van der Waals surface area contributed by atoms with Gasteiger partial charge in [-0.05, 0) is 12.1 Å². The molecule has 18 heavy (non-hydrogen) atoms. The van der Waals surface area contributed by atoms with Crippen LogP contribution in [0, 0.1) is 6.92 Å². The quantitative estimate of drug-likeness (QED) is 0.805. The smallest absolute Gasteiger partial charge is 0.345 e. The number of halogens is 1. The number of nitrogens with zero attached hydrogens (tertiary/aromatic N) is 2. The predicted molar refractivity (Wildman–Crippen MR) is 73.6 cm³/mol. The van der Waals surface area contributed by atoms with Gasteiger partial charge in [-0.2, -0.15) is 4.57 Å². The number of carbonyl (C=O) groups excluding carboxylic acids is 1. The van der Waals surface area contributed by atoms with Gasteiger partial charge in [-0.1, -0.05) is 12.1 Å². The first kappa shape index (κ1) is 14.4. The molecule has 2 N–H and O–H groups in total. The van der Waals surface area contributed by atoms with Crippen LogP contribution in [0.3, 0.4) is 0 Å². The molecule has 1 heterocycles. The molecule has 0 spiro atoms. The van der Waals surface area contributed by atoms with Crippen LogP contribution in [0.1, 0.15) is 5.82 Å². The third-order valence-corrected chi connectivity index (χ3v) is 2.92. The molecular weight excluding hydrogens is 298 g/mol. The molecule has 1 aromatic heterocycles. The van der Waals surface area contributed by atoms with E-state index in [0.717, 1.165) is 5.52 Å². The van der Waals surface area contributed by atoms with E-state index in [1.165, 1.54) is 4.57 Å². The van der Waals surface area contributed by atoms with Crippen molar-refractivity contribution in [3.05, 3.63) is 40.4 Å². The molecule has 2 rings (SSSR count). The fourth-order valence-corrected chi connectivity index (χ4v) is 1.93. The molecule has 5 nitrogen and oxygen atoms in total. The summed E-state index contributed by atoms with van der Waals surface area (Å²) in [6.45, 7) is 1.86. The molecule has 1 aromatic carbocycles. The fraction of sp³-hybridized carbons (Fsp3) is 0.250. The van der Waals surface area contributed by atoms with Crippen LogP contribution in [0.25, 0.3) is 10.9 Å². The Morgan fingerprint density at radius 2 is 2.00 bits per heavy atom. The van der Waals surface area contributed by atoms with Crippen molar-refractivity contribution in [1.29, 1.82) is 0 Å². The van der Waals surface area contributed by atoms with Crippen LogP contribution in [0.5, 0.6) is 0 Å². The van der Waals surface area contributed by atoms with E-state index in [4.69, 9.17) is 5.73 Å². The highest BCUT2D eigenvalue weighted by Crippen LogP contribution is 2.05. The monoisotopic (exact) mass is 312 g/mol. The van der Waals surface area contributed by atoms with Crippen molar-refractivity contribution in [1.82, 2.24) is 4.57 Å². The van der Waals surface area contributed by atoms with E-state index in [0.29, 0.717) is 11.2 Å². The molecule has 0 aliphatic heterocycles. The second kappa shape index (κ2) is 5.30. The maximum Gasteiger partial charge on any atom is 0.345 e. The first-order valence-corrected chi connectivity index (χ1v) is 5.29. The molecular formula is C12H15BrN3O2+. The molecule has 0 bridgehead atoms. The largest absolute Gasteiger partial charge is 0.366 e. The Balaban J connectivity index is 0.00000162. The van der Waals surface area contributed by atoms with E-state index in [2.05, 4.69) is 0 Å². The van der Waals surface area contributed by atoms with Crippen LogP contribution in [-0.2, 0) is 18.4 Å². The van der Waals surface area contributed by atoms with Crippen LogP contribution in [0.2, 0.25) is 0 Å². The lowest BCUT2D eigenvalue weighted by molar-refractivity contribution is -0.669. The lowest BCUT2D eigenvalue weighted by Crippen LogP contribution is -2.48. The second-order valence-corrected chi connectivity index (χ2v) is 3.98. The maximum atomic E-state index is 12.0. The standard InChI is InChI=1S/C12H13N3O2.BrH/c1-8-14(2)12(17)9-5-3-4-6-10(9)15(8)7-11(13)16;/h3-6H,7H2,1-2H3,(H-,13,16);1H/p+1. The van der Waals surface area contributed by atoms with Crippen molar-refractivity contribution < 1.29 is 9.36 Å². The minimum Gasteiger partial charge on any atom is -0.366 e. The molecule has 1 amide bonds. The molecule has 0 saturated carbocycles. The van der Waals surface area contributed by atoms with Gasteiger partial charge in [0, 0.05) is 6.92 Å². The number of para-hydroxylation sites is 1. The van der Waals surface area contributed by atoms with Crippen LogP contribution >= 0.6 is 17.0 Å². The summed E-state index contributed by atoms with van der Waals surface area (Å²) in [5, 5.41) is 0.585. The van der Waals surface area contributed by atoms with Crippen LogP contribution in [0.15, 0.2) is 29.1 Å². The van der Waals surface area contributed by atoms with Crippen molar-refractivity contribution in [3.63, 3.8) is 0 Å². The van der Waals surface area contributed by atoms with Gasteiger partial charge in [0.25, 0.3) is 11.7 Å². The van der Waals surface area contributed by atoms with Gasteiger partial charge in [0.15, 0.2) is 6.54 Å². The highest BCUT2D eigenvalue weighted by molar-refractivity contribution is 8.93. The number of nitrogens with two attached hydrogens (primary N) is 1. The molecule has 0 fully saturated rings. The molecule has 0 saturated heterocycles. The lowest BCUT2D eigenvalue weighted by atomic mass is 10.2. The fourth-order valence-electron chi connectivity index (χ4n) is 1.93. The highest BCUT2D eigenvalue weighted by atomic mass is 79.9. The van der Waals surface area contributed by atoms with Crippen LogP contribution < -0.4 is 15.9 Å². The molecule has 6 heteroatoms. The summed E-state index contributed by atoms with van der Waals surface area (Å²) in [7, 11) is 1.68. The molecule has 0 atom stereocenters. The molecule has 0 aliphatic rings. The average molecular weight is 313 g/mol. The summed E-state index contributed by atoms with van der Waals surface area (Å²) in [6.07, 6.45) is 0. The summed E-state index contributed by atoms with van der Waals surface area (Å²) in [6, 6.07) is 7.19. The number of carbonyl (C=O) groups is 1. The number of primary amides is 1. The number of aromatic nitrogens is 2. The van der Waals surface area contributed by atoms with Gasteiger partial charge in [-0.25, -0.2) is 9.36 Å². The number of rotatable bonds is 2. The molecule has 0 radical (unpaired) electrons. The first-order chi connectivity index (χ1) is 8.02. The van der Waals surface area contributed by atoms with Gasteiger partial charge in [0.2, 0.25) is 0 Å². The summed E-state index contributed by atoms with van der Waals surface area (Å²) < 4.78 is 3.27. The Hall–Kier alpha value is -1.69. The average Bonchev–Trinajstić information content (AvgIpc) is 2.31. The number of hydrogen-bond donors (Lipinski definition) is 1. The van der Waals surface area contributed by atoms with Gasteiger partial charge in [-0.3, -0.25) is 4.79 Å². The third kappa shape index (κ3) is 2.28. The van der Waals surface area contributed by atoms with E-state index in [1.54, 1.807) is 30.7 Å². The Morgan fingerprint density at radius 1 is 1.39 bits per heavy atom. The topological polar surface area (TPSA) is 69.0 Å². The zero-order valence-corrected chi connectivity index (χ0v) is 11.9. The Morgan fingerprint density at radius 3 is 2.61 bits per heavy atom. The van der Waals surface area contributed by atoms with E-state index >= 15 is 0 Å². The van der Waals surface area contributed by atoms with Gasteiger partial charge in [-0.15, -0.1) is 17.0 Å². The van der Waals surface area contributed by atoms with Crippen molar-refractivity contribution >= 4 is 33.8 Å².